The Morgan fingerprint density at radius 1 is 0.844 bits per heavy atom. The third kappa shape index (κ3) is 6.76. The van der Waals surface area contributed by atoms with E-state index in [9.17, 15) is 0 Å². The molecule has 1 aliphatic carbocycles. The van der Waals surface area contributed by atoms with E-state index < -0.39 is 0 Å². The average molecular weight is 515 g/mol. The monoisotopic (exact) mass is 514 g/mol. The fourth-order valence-corrected chi connectivity index (χ4v) is 6.69. The zero-order chi connectivity index (χ0) is 20.1. The Morgan fingerprint density at radius 3 is 2.22 bits per heavy atom. The van der Waals surface area contributed by atoms with E-state index in [-0.39, 0.29) is 54.5 Å². The van der Waals surface area contributed by atoms with Crippen molar-refractivity contribution in [3.8, 4) is 11.1 Å². The molecular formula is C28H29Cl2PTi. The molecule has 0 radical (unpaired) electrons. The van der Waals surface area contributed by atoms with Gasteiger partial charge in [-0.05, 0) is 18.7 Å². The Morgan fingerprint density at radius 2 is 1.50 bits per heavy atom. The molecule has 0 amide bonds. The van der Waals surface area contributed by atoms with E-state index in [0.29, 0.717) is 0 Å². The number of rotatable bonds is 5. The van der Waals surface area contributed by atoms with Gasteiger partial charge in [-0.2, -0.15) is 35.9 Å². The van der Waals surface area contributed by atoms with Crippen molar-refractivity contribution in [1.82, 2.24) is 0 Å². The van der Waals surface area contributed by atoms with Gasteiger partial charge in [0.1, 0.15) is 0 Å². The van der Waals surface area contributed by atoms with Crippen LogP contribution in [0, 0.1) is 6.07 Å². The maximum absolute atomic E-state index is 3.30. The molecule has 0 nitrogen and oxygen atoms in total. The molecule has 4 aromatic carbocycles. The summed E-state index contributed by atoms with van der Waals surface area (Å²) in [5.41, 5.74) is 5.51. The van der Waals surface area contributed by atoms with Crippen LogP contribution in [0.1, 0.15) is 37.8 Å². The van der Waals surface area contributed by atoms with Gasteiger partial charge in [-0.1, -0.05) is 76.1 Å². The molecule has 5 rings (SSSR count). The van der Waals surface area contributed by atoms with Gasteiger partial charge in [0.25, 0.3) is 0 Å². The van der Waals surface area contributed by atoms with Crippen LogP contribution in [0.15, 0.2) is 78.9 Å². The minimum Gasteiger partial charge on any atom is -1.00 e. The van der Waals surface area contributed by atoms with Gasteiger partial charge in [-0.25, -0.2) is 0 Å². The van der Waals surface area contributed by atoms with Crippen LogP contribution in [0.5, 0.6) is 0 Å². The number of fused-ring (bicyclic) bond motifs is 4. The summed E-state index contributed by atoms with van der Waals surface area (Å²) in [4.78, 5) is 0. The third-order valence-electron chi connectivity index (χ3n) is 5.57. The van der Waals surface area contributed by atoms with Crippen molar-refractivity contribution in [2.45, 2.75) is 33.1 Å². The summed E-state index contributed by atoms with van der Waals surface area (Å²) in [6, 6.07) is 31.6. The molecule has 0 unspecified atom stereocenters. The molecule has 0 bridgehead atoms. The van der Waals surface area contributed by atoms with Crippen LogP contribution in [0.2, 0.25) is 0 Å². The van der Waals surface area contributed by atoms with Crippen molar-refractivity contribution < 1.29 is 46.5 Å². The molecule has 0 aromatic heterocycles. The van der Waals surface area contributed by atoms with Gasteiger partial charge in [0.2, 0.25) is 0 Å². The van der Waals surface area contributed by atoms with Gasteiger partial charge in [0.05, 0.1) is 0 Å². The number of halogens is 2. The Labute approximate surface area is 222 Å². The maximum atomic E-state index is 3.30. The summed E-state index contributed by atoms with van der Waals surface area (Å²) in [6.07, 6.45) is 6.45. The average Bonchev–Trinajstić information content (AvgIpc) is 3.35. The van der Waals surface area contributed by atoms with Crippen LogP contribution in [-0.4, -0.2) is 12.3 Å². The van der Waals surface area contributed by atoms with Crippen LogP contribution < -0.4 is 30.1 Å². The summed E-state index contributed by atoms with van der Waals surface area (Å²) in [7, 11) is 0.0972. The van der Waals surface area contributed by atoms with Gasteiger partial charge >= 0.3 is 21.7 Å². The molecule has 164 valence electrons. The Bertz CT molecular complexity index is 1010. The Balaban J connectivity index is 0.000000296. The van der Waals surface area contributed by atoms with E-state index >= 15 is 0 Å². The standard InChI is InChI=1S/C15H20P.C13H9.2ClH.Ti/c1-3-9-16(10-4-2)15-11-13-7-5-6-8-14(13)12-15;1-3-7-12-10(5-1)9-11-6-2-4-8-13(11)12;;;/h5-8,11-12H,3-4,9-10H2,1-2H3;1-5,7-8H,9H2;2*1H;/q2*-1;;;+4/p-2. The summed E-state index contributed by atoms with van der Waals surface area (Å²) < 4.78 is 0. The molecular weight excluding hydrogens is 486 g/mol. The second-order valence-corrected chi connectivity index (χ2v) is 10.2. The minimum absolute atomic E-state index is 0. The topological polar surface area (TPSA) is 0 Å². The van der Waals surface area contributed by atoms with Gasteiger partial charge in [0.15, 0.2) is 0 Å². The minimum atomic E-state index is 0. The molecule has 0 saturated carbocycles. The van der Waals surface area contributed by atoms with Crippen molar-refractivity contribution in [2.24, 2.45) is 0 Å². The van der Waals surface area contributed by atoms with E-state index in [0.717, 1.165) is 6.42 Å². The van der Waals surface area contributed by atoms with Gasteiger partial charge < -0.3 is 24.8 Å². The summed E-state index contributed by atoms with van der Waals surface area (Å²) >= 11 is 0. The second kappa shape index (κ2) is 14.3. The van der Waals surface area contributed by atoms with Crippen molar-refractivity contribution in [3.63, 3.8) is 0 Å². The van der Waals surface area contributed by atoms with Crippen molar-refractivity contribution in [1.29, 1.82) is 0 Å². The predicted octanol–water partition coefficient (Wildman–Crippen LogP) is 1.55. The molecule has 0 N–H and O–H groups in total. The van der Waals surface area contributed by atoms with E-state index in [1.807, 2.05) is 6.07 Å². The number of hydrogen-bond acceptors (Lipinski definition) is 0. The zero-order valence-electron chi connectivity index (χ0n) is 18.7. The number of benzene rings is 3. The molecule has 32 heavy (non-hydrogen) atoms. The van der Waals surface area contributed by atoms with Crippen molar-refractivity contribution in [3.05, 3.63) is 96.1 Å². The smallest absolute Gasteiger partial charge is 1.00 e. The third-order valence-corrected chi connectivity index (χ3v) is 8.53. The molecule has 4 heteroatoms. The molecule has 0 spiro atoms. The molecule has 0 heterocycles. The van der Waals surface area contributed by atoms with E-state index in [1.165, 1.54) is 58.2 Å². The molecule has 4 aromatic rings. The van der Waals surface area contributed by atoms with E-state index in [4.69, 9.17) is 0 Å². The van der Waals surface area contributed by atoms with Gasteiger partial charge in [0, 0.05) is 0 Å². The first-order valence-electron chi connectivity index (χ1n) is 10.8. The zero-order valence-corrected chi connectivity index (χ0v) is 22.7. The summed E-state index contributed by atoms with van der Waals surface area (Å²) in [5.74, 6) is 0. The molecule has 0 saturated heterocycles. The maximum Gasteiger partial charge on any atom is 4.00 e. The number of hydrogen-bond donors (Lipinski definition) is 0. The van der Waals surface area contributed by atoms with Crippen LogP contribution in [0.25, 0.3) is 21.9 Å². The largest absolute Gasteiger partial charge is 4.00 e. The van der Waals surface area contributed by atoms with Crippen LogP contribution >= 0.6 is 7.92 Å². The van der Waals surface area contributed by atoms with Crippen LogP contribution in [0.3, 0.4) is 0 Å². The predicted molar refractivity (Wildman–Crippen MR) is 130 cm³/mol. The van der Waals surface area contributed by atoms with Gasteiger partial charge in [-0.3, -0.25) is 0 Å². The first-order chi connectivity index (χ1) is 14.3. The first kappa shape index (κ1) is 29.0. The fourth-order valence-electron chi connectivity index (χ4n) is 4.22. The molecule has 1 aliphatic rings. The molecule has 0 atom stereocenters. The fraction of sp³-hybridized carbons (Fsp3) is 0.250. The van der Waals surface area contributed by atoms with Crippen molar-refractivity contribution in [2.75, 3.05) is 12.3 Å². The molecule has 0 aliphatic heterocycles. The van der Waals surface area contributed by atoms with E-state index in [1.54, 1.807) is 5.30 Å². The second-order valence-electron chi connectivity index (χ2n) is 7.73. The first-order valence-corrected chi connectivity index (χ1v) is 12.5. The Hall–Kier alpha value is -1.01. The van der Waals surface area contributed by atoms with Gasteiger partial charge in [-0.15, -0.1) is 45.9 Å². The van der Waals surface area contributed by atoms with Crippen LogP contribution in [-0.2, 0) is 28.1 Å². The van der Waals surface area contributed by atoms with E-state index in [2.05, 4.69) is 92.7 Å². The Kier molecular flexibility index (Phi) is 13.0. The van der Waals surface area contributed by atoms with Crippen LogP contribution in [0.4, 0.5) is 0 Å². The SMILES string of the molecule is CCCP(CCC)c1cc2ccccc2[cH-]1.[Cl-].[Cl-].[Ti+4].[c-]1cccc2c1Cc1ccccc1-2. The molecule has 0 fully saturated rings. The van der Waals surface area contributed by atoms with Crippen molar-refractivity contribution >= 4 is 24.0 Å². The summed E-state index contributed by atoms with van der Waals surface area (Å²) in [6.45, 7) is 4.60. The quantitative estimate of drug-likeness (QED) is 0.190. The normalized spacial score (nSPS) is 10.7. The summed E-state index contributed by atoms with van der Waals surface area (Å²) in [5, 5.41) is 4.44.